The summed E-state index contributed by atoms with van der Waals surface area (Å²) in [5.74, 6) is 1.29. The highest BCUT2D eigenvalue weighted by Crippen LogP contribution is 2.30. The van der Waals surface area contributed by atoms with Crippen molar-refractivity contribution in [3.63, 3.8) is 0 Å². The number of rotatable bonds is 5. The average molecular weight is 453 g/mol. The molecule has 0 unspecified atom stereocenters. The predicted octanol–water partition coefficient (Wildman–Crippen LogP) is 3.49. The van der Waals surface area contributed by atoms with Gasteiger partial charge < -0.3 is 18.6 Å². The number of aromatic nitrogens is 4. The molecule has 1 N–H and O–H groups in total. The first kappa shape index (κ1) is 22.7. The molecule has 0 aromatic carbocycles. The van der Waals surface area contributed by atoms with Crippen molar-refractivity contribution < 1.29 is 13.9 Å². The van der Waals surface area contributed by atoms with Crippen LogP contribution in [-0.4, -0.2) is 57.0 Å². The summed E-state index contributed by atoms with van der Waals surface area (Å²) in [5, 5.41) is 11.2. The lowest BCUT2D eigenvalue weighted by molar-refractivity contribution is 0.0521. The molecule has 0 aliphatic carbocycles. The Kier molecular flexibility index (Phi) is 6.55. The second kappa shape index (κ2) is 9.53. The van der Waals surface area contributed by atoms with Gasteiger partial charge in [0.05, 0.1) is 6.10 Å². The third-order valence-electron chi connectivity index (χ3n) is 5.71. The Morgan fingerprint density at radius 3 is 2.55 bits per heavy atom. The highest BCUT2D eigenvalue weighted by atomic mass is 16.5. The summed E-state index contributed by atoms with van der Waals surface area (Å²) < 4.78 is 12.8. The van der Waals surface area contributed by atoms with Crippen LogP contribution in [0.1, 0.15) is 38.5 Å². The van der Waals surface area contributed by atoms with Crippen LogP contribution in [0.25, 0.3) is 22.7 Å². The molecule has 1 aliphatic rings. The maximum absolute atomic E-state index is 12.7. The topological polar surface area (TPSA) is 115 Å². The zero-order chi connectivity index (χ0) is 23.5. The van der Waals surface area contributed by atoms with E-state index in [1.54, 1.807) is 34.9 Å². The number of methoxy groups -OCH3 is 1. The second-order valence-electron chi connectivity index (χ2n) is 8.35. The van der Waals surface area contributed by atoms with E-state index in [2.05, 4.69) is 20.5 Å². The normalized spacial score (nSPS) is 14.6. The molecule has 2 amide bonds. The molecule has 0 spiro atoms. The first-order chi connectivity index (χ1) is 15.9. The molecule has 0 saturated carbocycles. The molecule has 4 rings (SSSR count). The quantitative estimate of drug-likeness (QED) is 0.630. The van der Waals surface area contributed by atoms with Crippen LogP contribution in [0.5, 0.6) is 0 Å². The summed E-state index contributed by atoms with van der Waals surface area (Å²) in [6.45, 7) is 6.89. The molecular formula is C23H28N6O4. The van der Waals surface area contributed by atoms with Crippen LogP contribution in [0.4, 0.5) is 10.7 Å². The van der Waals surface area contributed by atoms with Gasteiger partial charge in [0.25, 0.3) is 11.5 Å². The smallest absolute Gasteiger partial charge is 0.324 e. The van der Waals surface area contributed by atoms with Crippen molar-refractivity contribution in [3.05, 3.63) is 46.6 Å². The van der Waals surface area contributed by atoms with Gasteiger partial charge in [0, 0.05) is 44.1 Å². The van der Waals surface area contributed by atoms with Gasteiger partial charge in [0.2, 0.25) is 0 Å². The minimum atomic E-state index is -0.283. The van der Waals surface area contributed by atoms with E-state index in [9.17, 15) is 9.59 Å². The number of carbonyl (C=O) groups is 1. The molecule has 1 saturated heterocycles. The fourth-order valence-corrected chi connectivity index (χ4v) is 3.82. The van der Waals surface area contributed by atoms with Gasteiger partial charge in [-0.25, -0.2) is 9.78 Å². The molecule has 3 aromatic heterocycles. The van der Waals surface area contributed by atoms with Gasteiger partial charge in [0.1, 0.15) is 17.1 Å². The number of nitrogens with one attached hydrogen (secondary N) is 1. The number of amides is 2. The summed E-state index contributed by atoms with van der Waals surface area (Å²) in [5.41, 5.74) is 1.45. The predicted molar refractivity (Wildman–Crippen MR) is 123 cm³/mol. The molecule has 0 radical (unpaired) electrons. The first-order valence-corrected chi connectivity index (χ1v) is 11.0. The molecule has 1 fully saturated rings. The number of piperidine rings is 1. The van der Waals surface area contributed by atoms with Crippen molar-refractivity contribution in [1.82, 2.24) is 24.6 Å². The Hall–Kier alpha value is -3.53. The van der Waals surface area contributed by atoms with Crippen LogP contribution in [0, 0.1) is 6.92 Å². The van der Waals surface area contributed by atoms with Crippen LogP contribution in [0.15, 0.2) is 39.7 Å². The Morgan fingerprint density at radius 2 is 1.91 bits per heavy atom. The third kappa shape index (κ3) is 4.95. The summed E-state index contributed by atoms with van der Waals surface area (Å²) in [6.07, 6.45) is 3.47. The van der Waals surface area contributed by atoms with Crippen LogP contribution < -0.4 is 10.9 Å². The highest BCUT2D eigenvalue weighted by molar-refractivity contribution is 5.88. The third-order valence-corrected chi connectivity index (χ3v) is 5.71. The van der Waals surface area contributed by atoms with Crippen LogP contribution in [0.3, 0.4) is 0 Å². The number of pyridine rings is 1. The fraction of sp³-hybridized carbons (Fsp3) is 0.435. The molecule has 174 valence electrons. The van der Waals surface area contributed by atoms with E-state index < -0.39 is 0 Å². The van der Waals surface area contributed by atoms with Crippen molar-refractivity contribution in [2.75, 3.05) is 25.5 Å². The van der Waals surface area contributed by atoms with Gasteiger partial charge in [-0.15, -0.1) is 10.2 Å². The standard InChI is InChI=1S/C23H28N6O4/c1-14(2)29-13-16(6-8-19(29)30)20-21(18-7-5-15(3)33-18)24-22(27-26-20)25-23(31)28-11-9-17(32-4)10-12-28/h5-8,13-14,17H,9-12H2,1-4H3,(H,24,25,27,31). The number of likely N-dealkylation sites (tertiary alicyclic amines) is 1. The van der Waals surface area contributed by atoms with E-state index >= 15 is 0 Å². The number of hydrogen-bond acceptors (Lipinski definition) is 7. The van der Waals surface area contributed by atoms with Gasteiger partial charge in [-0.1, -0.05) is 0 Å². The maximum atomic E-state index is 12.7. The molecular weight excluding hydrogens is 424 g/mol. The lowest BCUT2D eigenvalue weighted by Gasteiger charge is -2.30. The zero-order valence-electron chi connectivity index (χ0n) is 19.2. The number of aryl methyl sites for hydroxylation is 1. The van der Waals surface area contributed by atoms with Gasteiger partial charge in [-0.2, -0.15) is 0 Å². The molecule has 10 nitrogen and oxygen atoms in total. The minimum Gasteiger partial charge on any atom is -0.460 e. The average Bonchev–Trinajstić information content (AvgIpc) is 3.25. The van der Waals surface area contributed by atoms with E-state index in [0.717, 1.165) is 12.8 Å². The highest BCUT2D eigenvalue weighted by Gasteiger charge is 2.24. The van der Waals surface area contributed by atoms with Crippen LogP contribution in [0.2, 0.25) is 0 Å². The molecule has 4 heterocycles. The van der Waals surface area contributed by atoms with Crippen LogP contribution >= 0.6 is 0 Å². The number of urea groups is 1. The lowest BCUT2D eigenvalue weighted by atomic mass is 10.1. The van der Waals surface area contributed by atoms with Gasteiger partial charge in [0.15, 0.2) is 5.76 Å². The van der Waals surface area contributed by atoms with Crippen molar-refractivity contribution in [2.24, 2.45) is 0 Å². The van der Waals surface area contributed by atoms with Gasteiger partial charge in [-0.3, -0.25) is 10.1 Å². The van der Waals surface area contributed by atoms with E-state index in [1.807, 2.05) is 26.8 Å². The second-order valence-corrected chi connectivity index (χ2v) is 8.35. The minimum absolute atomic E-state index is 0.0199. The van der Waals surface area contributed by atoms with E-state index in [-0.39, 0.29) is 29.7 Å². The summed E-state index contributed by atoms with van der Waals surface area (Å²) >= 11 is 0. The SMILES string of the molecule is COC1CCN(C(=O)Nc2nnc(-c3ccc(=O)n(C(C)C)c3)c(-c3ccc(C)o3)n2)CC1. The number of nitrogens with zero attached hydrogens (tertiary/aromatic N) is 5. The summed E-state index contributed by atoms with van der Waals surface area (Å²) in [6, 6.07) is 6.50. The zero-order valence-corrected chi connectivity index (χ0v) is 19.2. The molecule has 10 heteroatoms. The van der Waals surface area contributed by atoms with E-state index in [4.69, 9.17) is 9.15 Å². The fourth-order valence-electron chi connectivity index (χ4n) is 3.82. The first-order valence-electron chi connectivity index (χ1n) is 11.0. The Labute approximate surface area is 191 Å². The summed E-state index contributed by atoms with van der Waals surface area (Å²) in [4.78, 5) is 31.2. The number of furan rings is 1. The Morgan fingerprint density at radius 1 is 1.15 bits per heavy atom. The maximum Gasteiger partial charge on any atom is 0.324 e. The van der Waals surface area contributed by atoms with E-state index in [0.29, 0.717) is 41.6 Å². The van der Waals surface area contributed by atoms with Crippen molar-refractivity contribution in [1.29, 1.82) is 0 Å². The summed E-state index contributed by atoms with van der Waals surface area (Å²) in [7, 11) is 1.69. The Bertz CT molecular complexity index is 1190. The monoisotopic (exact) mass is 452 g/mol. The van der Waals surface area contributed by atoms with Crippen LogP contribution in [-0.2, 0) is 4.74 Å². The Balaban J connectivity index is 1.66. The van der Waals surface area contributed by atoms with Gasteiger partial charge in [-0.05, 0) is 51.8 Å². The molecule has 0 atom stereocenters. The number of anilines is 1. The van der Waals surface area contributed by atoms with E-state index in [1.165, 1.54) is 6.07 Å². The number of carbonyl (C=O) groups excluding carboxylic acids is 1. The van der Waals surface area contributed by atoms with Crippen molar-refractivity contribution >= 4 is 12.0 Å². The van der Waals surface area contributed by atoms with Crippen molar-refractivity contribution in [3.8, 4) is 22.7 Å². The van der Waals surface area contributed by atoms with Crippen molar-refractivity contribution in [2.45, 2.75) is 45.8 Å². The largest absolute Gasteiger partial charge is 0.460 e. The molecule has 0 bridgehead atoms. The molecule has 33 heavy (non-hydrogen) atoms. The number of ether oxygens (including phenoxy) is 1. The molecule has 1 aliphatic heterocycles. The number of hydrogen-bond donors (Lipinski definition) is 1. The lowest BCUT2D eigenvalue weighted by Crippen LogP contribution is -2.43. The van der Waals surface area contributed by atoms with Gasteiger partial charge >= 0.3 is 6.03 Å². The molecule has 3 aromatic rings.